The summed E-state index contributed by atoms with van der Waals surface area (Å²) >= 11 is 0. The number of anilines is 2. The molecule has 0 saturated carbocycles. The fourth-order valence-corrected chi connectivity index (χ4v) is 4.24. The number of hydrogen-bond acceptors (Lipinski definition) is 4. The third kappa shape index (κ3) is 3.09. The summed E-state index contributed by atoms with van der Waals surface area (Å²) in [5.74, 6) is 0.748. The van der Waals surface area contributed by atoms with Gasteiger partial charge in [0.25, 0.3) is 5.56 Å². The zero-order valence-electron chi connectivity index (χ0n) is 17.7. The highest BCUT2D eigenvalue weighted by atomic mass is 16.2. The maximum Gasteiger partial charge on any atom is 0.332 e. The van der Waals surface area contributed by atoms with Crippen molar-refractivity contribution in [3.63, 3.8) is 0 Å². The van der Waals surface area contributed by atoms with Crippen molar-refractivity contribution < 1.29 is 0 Å². The van der Waals surface area contributed by atoms with E-state index in [1.165, 1.54) is 20.3 Å². The maximum absolute atomic E-state index is 13.3. The molecule has 0 aliphatic carbocycles. The minimum atomic E-state index is -0.285. The Labute approximate surface area is 170 Å². The molecule has 29 heavy (non-hydrogen) atoms. The summed E-state index contributed by atoms with van der Waals surface area (Å²) in [6, 6.07) is 6.25. The first kappa shape index (κ1) is 19.5. The fraction of sp³-hybridized carbons (Fsp3) is 0.500. The van der Waals surface area contributed by atoms with Gasteiger partial charge in [0.05, 0.1) is 0 Å². The molecular weight excluding hydrogens is 366 g/mol. The van der Waals surface area contributed by atoms with Crippen LogP contribution in [-0.4, -0.2) is 25.2 Å². The largest absolute Gasteiger partial charge is 0.332 e. The van der Waals surface area contributed by atoms with Crippen molar-refractivity contribution >= 4 is 22.8 Å². The van der Waals surface area contributed by atoms with Crippen LogP contribution in [0.15, 0.2) is 27.8 Å². The molecule has 154 valence electrons. The van der Waals surface area contributed by atoms with Crippen LogP contribution >= 0.6 is 0 Å². The minimum Gasteiger partial charge on any atom is -0.312 e. The van der Waals surface area contributed by atoms with Gasteiger partial charge in [-0.15, -0.1) is 0 Å². The zero-order valence-corrected chi connectivity index (χ0v) is 17.7. The Morgan fingerprint density at radius 2 is 1.90 bits per heavy atom. The molecule has 7 heteroatoms. The second-order valence-electron chi connectivity index (χ2n) is 7.97. The molecule has 1 aliphatic rings. The van der Waals surface area contributed by atoms with Crippen LogP contribution in [0.25, 0.3) is 11.2 Å². The average molecular weight is 396 g/mol. The van der Waals surface area contributed by atoms with E-state index in [1.807, 2.05) is 4.57 Å². The van der Waals surface area contributed by atoms with Crippen LogP contribution in [0, 0.1) is 13.8 Å². The second kappa shape index (κ2) is 7.54. The molecule has 0 fully saturated rings. The van der Waals surface area contributed by atoms with Gasteiger partial charge in [0, 0.05) is 32.4 Å². The Hall–Kier alpha value is -2.83. The first-order chi connectivity index (χ1) is 14.0. The molecule has 2 aromatic heterocycles. The molecule has 3 heterocycles. The predicted molar refractivity (Wildman–Crippen MR) is 116 cm³/mol. The molecule has 0 unspecified atom stereocenters. The van der Waals surface area contributed by atoms with Crippen LogP contribution in [0.4, 0.5) is 11.6 Å². The SMILES string of the molecule is CCCCCn1c(=O)c2c(nc3n2CCCN3c2cccc(C)c2C)n(C)c1=O. The number of nitrogens with zero attached hydrogens (tertiary/aromatic N) is 5. The minimum absolute atomic E-state index is 0.222. The van der Waals surface area contributed by atoms with Gasteiger partial charge in [-0.1, -0.05) is 31.9 Å². The third-order valence-corrected chi connectivity index (χ3v) is 6.07. The Morgan fingerprint density at radius 1 is 1.10 bits per heavy atom. The van der Waals surface area contributed by atoms with Crippen LogP contribution in [0.5, 0.6) is 0 Å². The van der Waals surface area contributed by atoms with E-state index in [0.29, 0.717) is 17.7 Å². The molecule has 0 N–H and O–H groups in total. The van der Waals surface area contributed by atoms with Gasteiger partial charge in [0.1, 0.15) is 0 Å². The summed E-state index contributed by atoms with van der Waals surface area (Å²) in [5.41, 5.74) is 4.04. The van der Waals surface area contributed by atoms with Crippen LogP contribution in [0.1, 0.15) is 43.7 Å². The van der Waals surface area contributed by atoms with Crippen molar-refractivity contribution in [2.45, 2.75) is 59.5 Å². The van der Waals surface area contributed by atoms with E-state index in [4.69, 9.17) is 4.98 Å². The lowest BCUT2D eigenvalue weighted by Crippen LogP contribution is -2.40. The highest BCUT2D eigenvalue weighted by Crippen LogP contribution is 2.33. The monoisotopic (exact) mass is 395 g/mol. The van der Waals surface area contributed by atoms with Crippen molar-refractivity contribution in [3.05, 3.63) is 50.2 Å². The van der Waals surface area contributed by atoms with Crippen LogP contribution in [-0.2, 0) is 20.1 Å². The van der Waals surface area contributed by atoms with E-state index < -0.39 is 0 Å². The van der Waals surface area contributed by atoms with Crippen molar-refractivity contribution in [1.82, 2.24) is 18.7 Å². The first-order valence-corrected chi connectivity index (χ1v) is 10.5. The number of benzene rings is 1. The Balaban J connectivity index is 1.92. The van der Waals surface area contributed by atoms with E-state index >= 15 is 0 Å². The molecule has 3 aromatic rings. The van der Waals surface area contributed by atoms with E-state index in [0.717, 1.165) is 50.4 Å². The van der Waals surface area contributed by atoms with E-state index in [9.17, 15) is 9.59 Å². The van der Waals surface area contributed by atoms with Crippen molar-refractivity contribution in [2.75, 3.05) is 11.4 Å². The zero-order chi connectivity index (χ0) is 20.7. The number of unbranched alkanes of at least 4 members (excludes halogenated alkanes) is 2. The second-order valence-corrected chi connectivity index (χ2v) is 7.97. The standard InChI is InChI=1S/C22H29N5O2/c1-5-6-7-12-27-20(28)18-19(24(4)22(27)29)23-21-25(13-9-14-26(18)21)17-11-8-10-15(2)16(17)3/h8,10-11H,5-7,9,12-14H2,1-4H3. The molecule has 7 nitrogen and oxygen atoms in total. The van der Waals surface area contributed by atoms with Gasteiger partial charge in [-0.2, -0.15) is 4.98 Å². The first-order valence-electron chi connectivity index (χ1n) is 10.5. The van der Waals surface area contributed by atoms with E-state index in [1.54, 1.807) is 7.05 Å². The lowest BCUT2D eigenvalue weighted by molar-refractivity contribution is 0.546. The third-order valence-electron chi connectivity index (χ3n) is 6.07. The van der Waals surface area contributed by atoms with Crippen molar-refractivity contribution in [3.8, 4) is 0 Å². The van der Waals surface area contributed by atoms with Gasteiger partial charge >= 0.3 is 5.69 Å². The summed E-state index contributed by atoms with van der Waals surface area (Å²) in [5, 5.41) is 0. The van der Waals surface area contributed by atoms with Gasteiger partial charge in [-0.25, -0.2) is 4.79 Å². The molecule has 0 saturated heterocycles. The van der Waals surface area contributed by atoms with Gasteiger partial charge in [0.2, 0.25) is 5.95 Å². The van der Waals surface area contributed by atoms with Crippen LogP contribution < -0.4 is 16.1 Å². The van der Waals surface area contributed by atoms with Gasteiger partial charge in [-0.05, 0) is 43.9 Å². The number of fused-ring (bicyclic) bond motifs is 3. The Morgan fingerprint density at radius 3 is 2.66 bits per heavy atom. The molecule has 0 amide bonds. The van der Waals surface area contributed by atoms with Gasteiger partial charge < -0.3 is 9.47 Å². The van der Waals surface area contributed by atoms with E-state index in [2.05, 4.69) is 43.9 Å². The van der Waals surface area contributed by atoms with Crippen molar-refractivity contribution in [2.24, 2.45) is 7.05 Å². The topological polar surface area (TPSA) is 65.1 Å². The average Bonchev–Trinajstić information content (AvgIpc) is 3.11. The highest BCUT2D eigenvalue weighted by molar-refractivity contribution is 5.77. The Bertz CT molecular complexity index is 1180. The molecule has 4 rings (SSSR count). The number of aromatic nitrogens is 4. The van der Waals surface area contributed by atoms with E-state index in [-0.39, 0.29) is 11.2 Å². The molecule has 0 radical (unpaired) electrons. The lowest BCUT2D eigenvalue weighted by Gasteiger charge is -2.30. The maximum atomic E-state index is 13.3. The fourth-order valence-electron chi connectivity index (χ4n) is 4.24. The highest BCUT2D eigenvalue weighted by Gasteiger charge is 2.27. The summed E-state index contributed by atoms with van der Waals surface area (Å²) in [6.45, 7) is 8.35. The molecule has 1 aromatic carbocycles. The van der Waals surface area contributed by atoms with Gasteiger partial charge in [0.15, 0.2) is 11.2 Å². The molecule has 0 spiro atoms. The van der Waals surface area contributed by atoms with Crippen LogP contribution in [0.3, 0.4) is 0 Å². The summed E-state index contributed by atoms with van der Waals surface area (Å²) in [7, 11) is 1.71. The number of hydrogen-bond donors (Lipinski definition) is 0. The lowest BCUT2D eigenvalue weighted by atomic mass is 10.1. The predicted octanol–water partition coefficient (Wildman–Crippen LogP) is 3.25. The summed E-state index contributed by atoms with van der Waals surface area (Å²) < 4.78 is 4.90. The molecule has 1 aliphatic heterocycles. The van der Waals surface area contributed by atoms with Crippen LogP contribution in [0.2, 0.25) is 0 Å². The number of imidazole rings is 1. The quantitative estimate of drug-likeness (QED) is 0.622. The van der Waals surface area contributed by atoms with Gasteiger partial charge in [-0.3, -0.25) is 13.9 Å². The van der Waals surface area contributed by atoms with Crippen molar-refractivity contribution in [1.29, 1.82) is 0 Å². The molecular formula is C22H29N5O2. The smallest absolute Gasteiger partial charge is 0.312 e. The molecule has 0 atom stereocenters. The summed E-state index contributed by atoms with van der Waals surface area (Å²) in [4.78, 5) is 33.0. The molecule has 0 bridgehead atoms. The number of aryl methyl sites for hydroxylation is 3. The normalized spacial score (nSPS) is 13.9. The summed E-state index contributed by atoms with van der Waals surface area (Å²) in [6.07, 6.45) is 3.79. The Kier molecular flexibility index (Phi) is 5.06. The number of rotatable bonds is 5.